The van der Waals surface area contributed by atoms with Crippen molar-refractivity contribution in [2.24, 2.45) is 10.7 Å². The van der Waals surface area contributed by atoms with E-state index in [0.29, 0.717) is 5.75 Å². The van der Waals surface area contributed by atoms with Crippen molar-refractivity contribution in [2.75, 3.05) is 6.61 Å². The van der Waals surface area contributed by atoms with Gasteiger partial charge in [-0.25, -0.2) is 0 Å². The Morgan fingerprint density at radius 3 is 2.74 bits per heavy atom. The van der Waals surface area contributed by atoms with Crippen molar-refractivity contribution >= 4 is 17.6 Å². The molecule has 19 heavy (non-hydrogen) atoms. The molecule has 1 aliphatic rings. The number of ether oxygens (including phenoxy) is 1. The lowest BCUT2D eigenvalue weighted by Crippen LogP contribution is -2.53. The average Bonchev–Trinajstić information content (AvgIpc) is 2.34. The molecule has 0 saturated heterocycles. The quantitative estimate of drug-likeness (QED) is 0.752. The van der Waals surface area contributed by atoms with E-state index >= 15 is 0 Å². The third-order valence-electron chi connectivity index (χ3n) is 2.76. The van der Waals surface area contributed by atoms with Gasteiger partial charge in [0.25, 0.3) is 11.8 Å². The second-order valence-corrected chi connectivity index (χ2v) is 4.42. The molecule has 0 saturated carbocycles. The number of amides is 2. The predicted molar refractivity (Wildman–Crippen MR) is 70.0 cm³/mol. The number of aliphatic imine (C=N–C) groups is 1. The van der Waals surface area contributed by atoms with Crippen molar-refractivity contribution in [3.63, 3.8) is 0 Å². The van der Waals surface area contributed by atoms with Gasteiger partial charge in [0.05, 0.1) is 0 Å². The van der Waals surface area contributed by atoms with Gasteiger partial charge in [-0.2, -0.15) is 4.99 Å². The summed E-state index contributed by atoms with van der Waals surface area (Å²) in [7, 11) is 0. The number of carbonyl (C=O) groups excluding carboxylic acids is 2. The van der Waals surface area contributed by atoms with Gasteiger partial charge in [-0.15, -0.1) is 0 Å². The smallest absolute Gasteiger partial charge is 0.274 e. The van der Waals surface area contributed by atoms with Crippen molar-refractivity contribution < 1.29 is 14.3 Å². The Kier molecular flexibility index (Phi) is 3.62. The number of nitrogens with two attached hydrogens (primary N) is 1. The Morgan fingerprint density at radius 2 is 2.11 bits per heavy atom. The minimum Gasteiger partial charge on any atom is -0.485 e. The molecule has 3 N–H and O–H groups in total. The number of amidine groups is 1. The van der Waals surface area contributed by atoms with E-state index in [1.807, 2.05) is 32.0 Å². The second kappa shape index (κ2) is 5.19. The number of nitrogens with one attached hydrogen (secondary N) is 1. The Labute approximate surface area is 110 Å². The Hall–Kier alpha value is -2.21. The summed E-state index contributed by atoms with van der Waals surface area (Å²) in [6, 6.07) is 4.52. The summed E-state index contributed by atoms with van der Waals surface area (Å²) in [5, 5.41) is 2.44. The number of hydrogen-bond donors (Lipinski definition) is 2. The molecule has 1 unspecified atom stereocenters. The number of aryl methyl sites for hydroxylation is 2. The monoisotopic (exact) mass is 261 g/mol. The second-order valence-electron chi connectivity index (χ2n) is 4.42. The lowest BCUT2D eigenvalue weighted by atomic mass is 10.1. The highest BCUT2D eigenvalue weighted by atomic mass is 16.5. The van der Waals surface area contributed by atoms with E-state index in [4.69, 9.17) is 10.5 Å². The zero-order chi connectivity index (χ0) is 14.0. The molecule has 1 aliphatic heterocycles. The summed E-state index contributed by atoms with van der Waals surface area (Å²) in [5.41, 5.74) is 7.43. The van der Waals surface area contributed by atoms with Gasteiger partial charge in [0, 0.05) is 0 Å². The highest BCUT2D eigenvalue weighted by molar-refractivity contribution is 6.18. The minimum absolute atomic E-state index is 0.0219. The van der Waals surface area contributed by atoms with Crippen molar-refractivity contribution in [3.8, 4) is 5.75 Å². The van der Waals surface area contributed by atoms with Crippen LogP contribution in [0.2, 0.25) is 0 Å². The third-order valence-corrected chi connectivity index (χ3v) is 2.76. The summed E-state index contributed by atoms with van der Waals surface area (Å²) >= 11 is 0. The van der Waals surface area contributed by atoms with Crippen LogP contribution >= 0.6 is 0 Å². The van der Waals surface area contributed by atoms with Gasteiger partial charge in [-0.05, 0) is 25.5 Å². The van der Waals surface area contributed by atoms with Crippen LogP contribution in [0.5, 0.6) is 5.75 Å². The van der Waals surface area contributed by atoms with Crippen LogP contribution in [0.4, 0.5) is 0 Å². The summed E-state index contributed by atoms with van der Waals surface area (Å²) in [4.78, 5) is 26.3. The van der Waals surface area contributed by atoms with E-state index in [1.165, 1.54) is 0 Å². The first-order chi connectivity index (χ1) is 8.97. The largest absolute Gasteiger partial charge is 0.485 e. The summed E-state index contributed by atoms with van der Waals surface area (Å²) in [6.07, 6.45) is 0. The molecule has 1 aromatic rings. The standard InChI is InChI=1S/C13H15N3O3/c1-7-3-4-9(8(2)5-7)19-6-10-15-12(17)11(14)13(18)16-10/h3-5,11H,6,14H2,1-2H3,(H,15,16,17,18). The van der Waals surface area contributed by atoms with Gasteiger partial charge in [0.15, 0.2) is 11.9 Å². The highest BCUT2D eigenvalue weighted by Gasteiger charge is 2.28. The predicted octanol–water partition coefficient (Wildman–Crippen LogP) is 0.0644. The number of nitrogens with zero attached hydrogens (tertiary/aromatic N) is 1. The highest BCUT2D eigenvalue weighted by Crippen LogP contribution is 2.18. The van der Waals surface area contributed by atoms with Crippen LogP contribution in [0.15, 0.2) is 23.2 Å². The first kappa shape index (κ1) is 13.2. The van der Waals surface area contributed by atoms with Crippen LogP contribution in [0.25, 0.3) is 0 Å². The fourth-order valence-corrected chi connectivity index (χ4v) is 1.74. The zero-order valence-corrected chi connectivity index (χ0v) is 10.8. The first-order valence-corrected chi connectivity index (χ1v) is 5.85. The number of rotatable bonds is 3. The molecule has 2 rings (SSSR count). The summed E-state index contributed by atoms with van der Waals surface area (Å²) < 4.78 is 5.52. The van der Waals surface area contributed by atoms with Crippen molar-refractivity contribution in [1.29, 1.82) is 0 Å². The molecule has 0 aliphatic carbocycles. The number of benzene rings is 1. The van der Waals surface area contributed by atoms with E-state index in [1.54, 1.807) is 0 Å². The maximum absolute atomic E-state index is 11.3. The average molecular weight is 261 g/mol. The Morgan fingerprint density at radius 1 is 1.37 bits per heavy atom. The van der Waals surface area contributed by atoms with Gasteiger partial charge in [0.2, 0.25) is 0 Å². The van der Waals surface area contributed by atoms with Crippen LogP contribution in [0.1, 0.15) is 11.1 Å². The molecule has 1 heterocycles. The van der Waals surface area contributed by atoms with E-state index < -0.39 is 17.9 Å². The SMILES string of the molecule is Cc1ccc(OCC2=NC(=O)C(N)C(=O)N2)c(C)c1. The molecular formula is C13H15N3O3. The van der Waals surface area contributed by atoms with Crippen molar-refractivity contribution in [1.82, 2.24) is 5.32 Å². The van der Waals surface area contributed by atoms with Gasteiger partial charge in [-0.1, -0.05) is 17.7 Å². The van der Waals surface area contributed by atoms with Gasteiger partial charge in [0.1, 0.15) is 12.4 Å². The molecule has 100 valence electrons. The lowest BCUT2D eigenvalue weighted by Gasteiger charge is -2.17. The Balaban J connectivity index is 2.05. The molecule has 0 bridgehead atoms. The van der Waals surface area contributed by atoms with E-state index in [9.17, 15) is 9.59 Å². The maximum atomic E-state index is 11.3. The molecule has 0 aromatic heterocycles. The van der Waals surface area contributed by atoms with Crippen LogP contribution < -0.4 is 15.8 Å². The van der Waals surface area contributed by atoms with Gasteiger partial charge < -0.3 is 15.8 Å². The molecule has 6 nitrogen and oxygen atoms in total. The van der Waals surface area contributed by atoms with Crippen LogP contribution in [-0.4, -0.2) is 30.3 Å². The van der Waals surface area contributed by atoms with Crippen LogP contribution in [-0.2, 0) is 9.59 Å². The molecule has 2 amide bonds. The fourth-order valence-electron chi connectivity index (χ4n) is 1.74. The van der Waals surface area contributed by atoms with Gasteiger partial charge in [-0.3, -0.25) is 9.59 Å². The summed E-state index contributed by atoms with van der Waals surface area (Å²) in [6.45, 7) is 3.93. The molecule has 1 aromatic carbocycles. The molecule has 0 fully saturated rings. The normalized spacial score (nSPS) is 18.9. The lowest BCUT2D eigenvalue weighted by molar-refractivity contribution is -0.129. The maximum Gasteiger partial charge on any atom is 0.274 e. The van der Waals surface area contributed by atoms with Crippen molar-refractivity contribution in [2.45, 2.75) is 19.9 Å². The number of hydrogen-bond acceptors (Lipinski definition) is 4. The number of carbonyl (C=O) groups is 2. The van der Waals surface area contributed by atoms with Crippen molar-refractivity contribution in [3.05, 3.63) is 29.3 Å². The Bertz CT molecular complexity index is 566. The summed E-state index contributed by atoms with van der Waals surface area (Å²) in [5.74, 6) is -0.344. The van der Waals surface area contributed by atoms with Crippen LogP contribution in [0.3, 0.4) is 0 Å². The third kappa shape index (κ3) is 2.97. The topological polar surface area (TPSA) is 93.8 Å². The fraction of sp³-hybridized carbons (Fsp3) is 0.308. The molecule has 6 heteroatoms. The molecule has 0 radical (unpaired) electrons. The van der Waals surface area contributed by atoms with E-state index in [-0.39, 0.29) is 12.4 Å². The van der Waals surface area contributed by atoms with Crippen LogP contribution in [0, 0.1) is 13.8 Å². The van der Waals surface area contributed by atoms with Gasteiger partial charge >= 0.3 is 0 Å². The zero-order valence-electron chi connectivity index (χ0n) is 10.8. The first-order valence-electron chi connectivity index (χ1n) is 5.85. The molecule has 0 spiro atoms. The molecular weight excluding hydrogens is 246 g/mol. The van der Waals surface area contributed by atoms with E-state index in [0.717, 1.165) is 11.1 Å². The molecule has 1 atom stereocenters. The minimum atomic E-state index is -1.22. The van der Waals surface area contributed by atoms with E-state index in [2.05, 4.69) is 10.3 Å².